The number of ether oxygens (including phenoxy) is 2. The molecular formula is C13H18FNO2. The maximum atomic E-state index is 12.7. The summed E-state index contributed by atoms with van der Waals surface area (Å²) in [6, 6.07) is 6.05. The number of halogens is 1. The quantitative estimate of drug-likeness (QED) is 0.874. The smallest absolute Gasteiger partial charge is 0.123 e. The van der Waals surface area contributed by atoms with Crippen molar-refractivity contribution >= 4 is 0 Å². The van der Waals surface area contributed by atoms with Crippen LogP contribution < -0.4 is 5.73 Å². The van der Waals surface area contributed by atoms with Crippen LogP contribution in [0.1, 0.15) is 24.4 Å². The number of nitrogens with two attached hydrogens (primary N) is 1. The summed E-state index contributed by atoms with van der Waals surface area (Å²) in [6.07, 6.45) is 2.10. The van der Waals surface area contributed by atoms with E-state index in [9.17, 15) is 4.39 Å². The van der Waals surface area contributed by atoms with Crippen molar-refractivity contribution in [2.45, 2.75) is 25.0 Å². The molecule has 0 spiro atoms. The molecule has 1 fully saturated rings. The Kier molecular flexibility index (Phi) is 4.48. The molecule has 0 aromatic heterocycles. The molecular weight excluding hydrogens is 221 g/mol. The highest BCUT2D eigenvalue weighted by Crippen LogP contribution is 2.15. The second-order valence-corrected chi connectivity index (χ2v) is 4.30. The van der Waals surface area contributed by atoms with E-state index in [4.69, 9.17) is 15.2 Å². The maximum absolute atomic E-state index is 12.7. The number of hydrogen-bond donors (Lipinski definition) is 1. The van der Waals surface area contributed by atoms with Crippen molar-refractivity contribution in [2.24, 2.45) is 5.73 Å². The van der Waals surface area contributed by atoms with Crippen LogP contribution in [0.25, 0.3) is 0 Å². The summed E-state index contributed by atoms with van der Waals surface area (Å²) in [7, 11) is 0. The molecule has 0 radical (unpaired) electrons. The summed E-state index contributed by atoms with van der Waals surface area (Å²) in [5.74, 6) is -0.244. The van der Waals surface area contributed by atoms with Crippen molar-refractivity contribution in [3.8, 4) is 0 Å². The van der Waals surface area contributed by atoms with Crippen molar-refractivity contribution in [3.63, 3.8) is 0 Å². The SMILES string of the molecule is NC(COC1CCOCC1)c1ccc(F)cc1. The molecule has 4 heteroatoms. The van der Waals surface area contributed by atoms with Gasteiger partial charge in [-0.15, -0.1) is 0 Å². The molecule has 1 unspecified atom stereocenters. The Bertz CT molecular complexity index is 336. The van der Waals surface area contributed by atoms with E-state index in [0.29, 0.717) is 6.61 Å². The van der Waals surface area contributed by atoms with Crippen LogP contribution in [-0.2, 0) is 9.47 Å². The average Bonchev–Trinajstić information content (AvgIpc) is 2.38. The predicted molar refractivity (Wildman–Crippen MR) is 63.1 cm³/mol. The molecule has 94 valence electrons. The molecule has 3 nitrogen and oxygen atoms in total. The molecule has 2 N–H and O–H groups in total. The first-order valence-electron chi connectivity index (χ1n) is 5.96. The van der Waals surface area contributed by atoms with Crippen molar-refractivity contribution in [1.29, 1.82) is 0 Å². The average molecular weight is 239 g/mol. The topological polar surface area (TPSA) is 44.5 Å². The molecule has 2 rings (SSSR count). The van der Waals surface area contributed by atoms with E-state index in [1.165, 1.54) is 12.1 Å². The van der Waals surface area contributed by atoms with E-state index >= 15 is 0 Å². The van der Waals surface area contributed by atoms with E-state index in [0.717, 1.165) is 31.6 Å². The Labute approximate surface area is 101 Å². The largest absolute Gasteiger partial charge is 0.381 e. The lowest BCUT2D eigenvalue weighted by atomic mass is 10.1. The fourth-order valence-electron chi connectivity index (χ4n) is 1.89. The van der Waals surface area contributed by atoms with Crippen LogP contribution >= 0.6 is 0 Å². The first-order valence-corrected chi connectivity index (χ1v) is 5.96. The van der Waals surface area contributed by atoms with Gasteiger partial charge in [0.15, 0.2) is 0 Å². The second kappa shape index (κ2) is 6.10. The van der Waals surface area contributed by atoms with E-state index in [2.05, 4.69) is 0 Å². The summed E-state index contributed by atoms with van der Waals surface area (Å²) in [6.45, 7) is 1.99. The maximum Gasteiger partial charge on any atom is 0.123 e. The monoisotopic (exact) mass is 239 g/mol. The minimum atomic E-state index is -0.244. The van der Waals surface area contributed by atoms with Gasteiger partial charge in [-0.2, -0.15) is 0 Å². The molecule has 1 aromatic carbocycles. The highest BCUT2D eigenvalue weighted by molar-refractivity contribution is 5.19. The molecule has 1 saturated heterocycles. The van der Waals surface area contributed by atoms with Gasteiger partial charge in [-0.25, -0.2) is 4.39 Å². The zero-order chi connectivity index (χ0) is 12.1. The molecule has 0 aliphatic carbocycles. The van der Waals surface area contributed by atoms with Gasteiger partial charge in [-0.1, -0.05) is 12.1 Å². The number of rotatable bonds is 4. The first kappa shape index (κ1) is 12.5. The third-order valence-electron chi connectivity index (χ3n) is 2.98. The lowest BCUT2D eigenvalue weighted by Crippen LogP contribution is -2.27. The van der Waals surface area contributed by atoms with Crippen LogP contribution in [0.4, 0.5) is 4.39 Å². The molecule has 1 aromatic rings. The van der Waals surface area contributed by atoms with Crippen molar-refractivity contribution in [3.05, 3.63) is 35.6 Å². The van der Waals surface area contributed by atoms with Gasteiger partial charge in [0.2, 0.25) is 0 Å². The van der Waals surface area contributed by atoms with E-state index in [-0.39, 0.29) is 18.0 Å². The standard InChI is InChI=1S/C13H18FNO2/c14-11-3-1-10(2-4-11)13(15)9-17-12-5-7-16-8-6-12/h1-4,12-13H,5-9,15H2. The Balaban J connectivity index is 1.80. The summed E-state index contributed by atoms with van der Waals surface area (Å²) < 4.78 is 23.7. The van der Waals surface area contributed by atoms with E-state index < -0.39 is 0 Å². The Morgan fingerprint density at radius 1 is 1.29 bits per heavy atom. The highest BCUT2D eigenvalue weighted by Gasteiger charge is 2.16. The molecule has 17 heavy (non-hydrogen) atoms. The fraction of sp³-hybridized carbons (Fsp3) is 0.538. The van der Waals surface area contributed by atoms with Gasteiger partial charge in [0.05, 0.1) is 18.8 Å². The Hall–Kier alpha value is -0.970. The zero-order valence-corrected chi connectivity index (χ0v) is 9.77. The first-order chi connectivity index (χ1) is 8.25. The van der Waals surface area contributed by atoms with E-state index in [1.807, 2.05) is 0 Å². The molecule has 1 aliphatic rings. The lowest BCUT2D eigenvalue weighted by molar-refractivity contribution is -0.0358. The van der Waals surface area contributed by atoms with Crippen LogP contribution in [0.5, 0.6) is 0 Å². The van der Waals surface area contributed by atoms with E-state index in [1.54, 1.807) is 12.1 Å². The third-order valence-corrected chi connectivity index (χ3v) is 2.98. The van der Waals surface area contributed by atoms with Crippen LogP contribution in [0.15, 0.2) is 24.3 Å². The van der Waals surface area contributed by atoms with Gasteiger partial charge in [0.25, 0.3) is 0 Å². The van der Waals surface area contributed by atoms with Crippen molar-refractivity contribution in [2.75, 3.05) is 19.8 Å². The highest BCUT2D eigenvalue weighted by atomic mass is 19.1. The van der Waals surface area contributed by atoms with Crippen molar-refractivity contribution in [1.82, 2.24) is 0 Å². The van der Waals surface area contributed by atoms with Gasteiger partial charge < -0.3 is 15.2 Å². The van der Waals surface area contributed by atoms with Gasteiger partial charge in [-0.3, -0.25) is 0 Å². The minimum absolute atomic E-state index is 0.196. The lowest BCUT2D eigenvalue weighted by Gasteiger charge is -2.24. The summed E-state index contributed by atoms with van der Waals surface area (Å²) in [5.41, 5.74) is 6.88. The minimum Gasteiger partial charge on any atom is -0.381 e. The summed E-state index contributed by atoms with van der Waals surface area (Å²) in [5, 5.41) is 0. The van der Waals surface area contributed by atoms with Crippen molar-refractivity contribution < 1.29 is 13.9 Å². The summed E-state index contributed by atoms with van der Waals surface area (Å²) >= 11 is 0. The van der Waals surface area contributed by atoms with Gasteiger partial charge in [0, 0.05) is 13.2 Å². The molecule has 0 amide bonds. The van der Waals surface area contributed by atoms with Crippen LogP contribution in [0.3, 0.4) is 0 Å². The predicted octanol–water partition coefficient (Wildman–Crippen LogP) is 2.02. The Morgan fingerprint density at radius 3 is 2.59 bits per heavy atom. The molecule has 0 saturated carbocycles. The molecule has 1 aliphatic heterocycles. The second-order valence-electron chi connectivity index (χ2n) is 4.30. The third kappa shape index (κ3) is 3.77. The number of benzene rings is 1. The fourth-order valence-corrected chi connectivity index (χ4v) is 1.89. The molecule has 1 atom stereocenters. The van der Waals surface area contributed by atoms with Crippen LogP contribution in [0, 0.1) is 5.82 Å². The Morgan fingerprint density at radius 2 is 1.94 bits per heavy atom. The van der Waals surface area contributed by atoms with Gasteiger partial charge in [0.1, 0.15) is 5.82 Å². The van der Waals surface area contributed by atoms with Crippen LogP contribution in [-0.4, -0.2) is 25.9 Å². The molecule has 0 bridgehead atoms. The van der Waals surface area contributed by atoms with Gasteiger partial charge >= 0.3 is 0 Å². The molecule has 1 heterocycles. The normalized spacial score (nSPS) is 19.2. The zero-order valence-electron chi connectivity index (χ0n) is 9.77. The van der Waals surface area contributed by atoms with Crippen LogP contribution in [0.2, 0.25) is 0 Å². The number of hydrogen-bond acceptors (Lipinski definition) is 3. The summed E-state index contributed by atoms with van der Waals surface area (Å²) in [4.78, 5) is 0. The van der Waals surface area contributed by atoms with Gasteiger partial charge in [-0.05, 0) is 30.5 Å².